The Kier molecular flexibility index (Phi) is 6.36. The number of carboxylic acid groups (broad SMARTS) is 2. The summed E-state index contributed by atoms with van der Waals surface area (Å²) in [6.07, 6.45) is 13.1. The number of allylic oxidation sites excluding steroid dienone is 4. The van der Waals surface area contributed by atoms with Gasteiger partial charge in [0.2, 0.25) is 0 Å². The van der Waals surface area contributed by atoms with Gasteiger partial charge in [0.25, 0.3) is 0 Å². The number of aliphatic carboxylic acids is 1. The molecule has 0 unspecified atom stereocenters. The van der Waals surface area contributed by atoms with Crippen LogP contribution in [0.4, 0.5) is 0 Å². The van der Waals surface area contributed by atoms with E-state index in [4.69, 9.17) is 0 Å². The molecule has 0 amide bonds. The molecule has 1 aromatic carbocycles. The van der Waals surface area contributed by atoms with Crippen LogP contribution in [0.5, 0.6) is 0 Å². The van der Waals surface area contributed by atoms with E-state index in [1.165, 1.54) is 24.0 Å². The van der Waals surface area contributed by atoms with Gasteiger partial charge in [-0.15, -0.1) is 0 Å². The maximum Gasteiger partial charge on any atom is 0.335 e. The van der Waals surface area contributed by atoms with Crippen molar-refractivity contribution in [1.29, 1.82) is 0 Å². The lowest BCUT2D eigenvalue weighted by Crippen LogP contribution is -2.64. The molecule has 0 heterocycles. The Morgan fingerprint density at radius 1 is 0.829 bits per heavy atom. The predicted molar refractivity (Wildman–Crippen MR) is 163 cm³/mol. The number of hydrogen-bond donors (Lipinski definition) is 2. The average Bonchev–Trinajstić information content (AvgIpc) is 2.90. The Balaban J connectivity index is 1.41. The van der Waals surface area contributed by atoms with Crippen molar-refractivity contribution in [3.8, 4) is 0 Å². The van der Waals surface area contributed by atoms with Crippen molar-refractivity contribution in [2.45, 2.75) is 99.8 Å². The first-order valence-corrected chi connectivity index (χ1v) is 16.1. The molecule has 3 saturated carbocycles. The summed E-state index contributed by atoms with van der Waals surface area (Å²) in [7, 11) is 0. The Morgan fingerprint density at radius 2 is 1.51 bits per heavy atom. The van der Waals surface area contributed by atoms with Gasteiger partial charge in [-0.2, -0.15) is 0 Å². The van der Waals surface area contributed by atoms with Crippen molar-refractivity contribution in [2.75, 3.05) is 0 Å². The molecule has 0 radical (unpaired) electrons. The Labute approximate surface area is 246 Å². The topological polar surface area (TPSA) is 74.6 Å². The summed E-state index contributed by atoms with van der Waals surface area (Å²) in [6, 6.07) is 7.46. The quantitative estimate of drug-likeness (QED) is 0.363. The van der Waals surface area contributed by atoms with Crippen LogP contribution in [0.15, 0.2) is 42.0 Å². The monoisotopic (exact) mass is 558 g/mol. The first-order chi connectivity index (χ1) is 19.1. The minimum atomic E-state index is -0.883. The van der Waals surface area contributed by atoms with Crippen LogP contribution in [0.25, 0.3) is 5.57 Å². The number of fused-ring (bicyclic) bond motifs is 7. The molecule has 0 aromatic heterocycles. The highest BCUT2D eigenvalue weighted by atomic mass is 16.4. The second kappa shape index (κ2) is 9.07. The Bertz CT molecular complexity index is 1330. The average molecular weight is 559 g/mol. The highest BCUT2D eigenvalue weighted by Gasteiger charge is 2.69. The molecule has 5 aliphatic carbocycles. The largest absolute Gasteiger partial charge is 0.481 e. The van der Waals surface area contributed by atoms with E-state index in [0.717, 1.165) is 44.1 Å². The van der Waals surface area contributed by atoms with E-state index in [1.54, 1.807) is 12.1 Å². The summed E-state index contributed by atoms with van der Waals surface area (Å²) >= 11 is 0. The SMILES string of the molecule is C[C@H]1[C@H](C)CC[C@]2(C(=O)O)CC[C@]3(C)C(=CC[C@@H]4[C@@]5(C)CC=C(c6ccc(C(=O)O)cc6)C(C)(C)[C@@H]5CC[C@]43C)[C@@H]12. The smallest absolute Gasteiger partial charge is 0.335 e. The normalized spacial score (nSPS) is 44.7. The zero-order valence-corrected chi connectivity index (χ0v) is 26.2. The van der Waals surface area contributed by atoms with E-state index in [9.17, 15) is 19.8 Å². The number of rotatable bonds is 3. The molecule has 0 bridgehead atoms. The molecule has 0 spiro atoms. The minimum Gasteiger partial charge on any atom is -0.481 e. The number of hydrogen-bond acceptors (Lipinski definition) is 2. The van der Waals surface area contributed by atoms with Crippen LogP contribution in [0.3, 0.4) is 0 Å². The second-order valence-electron chi connectivity index (χ2n) is 16.0. The Morgan fingerprint density at radius 3 is 2.15 bits per heavy atom. The third kappa shape index (κ3) is 3.64. The third-order valence-electron chi connectivity index (χ3n) is 14.4. The molecular weight excluding hydrogens is 508 g/mol. The molecule has 1 aromatic rings. The summed E-state index contributed by atoms with van der Waals surface area (Å²) < 4.78 is 0. The highest BCUT2D eigenvalue weighted by Crippen LogP contribution is 2.76. The third-order valence-corrected chi connectivity index (χ3v) is 14.4. The van der Waals surface area contributed by atoms with Crippen LogP contribution < -0.4 is 0 Å². The minimum absolute atomic E-state index is 0.0255. The van der Waals surface area contributed by atoms with Gasteiger partial charge in [-0.05, 0) is 126 Å². The highest BCUT2D eigenvalue weighted by molar-refractivity contribution is 5.88. The van der Waals surface area contributed by atoms with Crippen molar-refractivity contribution in [3.05, 3.63) is 53.1 Å². The number of carboxylic acids is 2. The van der Waals surface area contributed by atoms with Crippen LogP contribution in [0, 0.1) is 56.7 Å². The molecule has 41 heavy (non-hydrogen) atoms. The van der Waals surface area contributed by atoms with Gasteiger partial charge >= 0.3 is 11.9 Å². The van der Waals surface area contributed by atoms with Gasteiger partial charge in [0.15, 0.2) is 0 Å². The Hall–Kier alpha value is -2.36. The summed E-state index contributed by atoms with van der Waals surface area (Å²) in [6.45, 7) is 17.1. The van der Waals surface area contributed by atoms with E-state index in [2.05, 4.69) is 60.6 Å². The molecular formula is C37H50O4. The van der Waals surface area contributed by atoms with Gasteiger partial charge in [0.05, 0.1) is 11.0 Å². The summed E-state index contributed by atoms with van der Waals surface area (Å²) in [5.74, 6) is 0.727. The van der Waals surface area contributed by atoms with Crippen LogP contribution in [0.1, 0.15) is 116 Å². The fourth-order valence-corrected chi connectivity index (χ4v) is 11.7. The maximum absolute atomic E-state index is 13.0. The molecule has 222 valence electrons. The van der Waals surface area contributed by atoms with E-state index in [1.807, 2.05) is 12.1 Å². The lowest BCUT2D eigenvalue weighted by molar-refractivity contribution is -0.179. The van der Waals surface area contributed by atoms with Gasteiger partial charge in [-0.1, -0.05) is 78.3 Å². The van der Waals surface area contributed by atoms with Gasteiger partial charge in [-0.25, -0.2) is 4.79 Å². The van der Waals surface area contributed by atoms with Crippen LogP contribution in [-0.4, -0.2) is 22.2 Å². The summed E-state index contributed by atoms with van der Waals surface area (Å²) in [5, 5.41) is 20.0. The van der Waals surface area contributed by atoms with Gasteiger partial charge in [-0.3, -0.25) is 4.79 Å². The lowest BCUT2D eigenvalue weighted by Gasteiger charge is -2.70. The van der Waals surface area contributed by atoms with Crippen LogP contribution in [0.2, 0.25) is 0 Å². The van der Waals surface area contributed by atoms with Crippen LogP contribution >= 0.6 is 0 Å². The van der Waals surface area contributed by atoms with Crippen molar-refractivity contribution in [3.63, 3.8) is 0 Å². The lowest BCUT2D eigenvalue weighted by atomic mass is 9.33. The van der Waals surface area contributed by atoms with Gasteiger partial charge in [0.1, 0.15) is 0 Å². The second-order valence-corrected chi connectivity index (χ2v) is 16.0. The fourth-order valence-electron chi connectivity index (χ4n) is 11.7. The number of benzene rings is 1. The van der Waals surface area contributed by atoms with Gasteiger partial charge < -0.3 is 10.2 Å². The molecule has 4 nitrogen and oxygen atoms in total. The number of carbonyl (C=O) groups is 2. The van der Waals surface area contributed by atoms with Gasteiger partial charge in [0, 0.05) is 0 Å². The van der Waals surface area contributed by atoms with Crippen molar-refractivity contribution in [2.24, 2.45) is 56.7 Å². The zero-order chi connectivity index (χ0) is 29.8. The molecule has 4 heteroatoms. The summed E-state index contributed by atoms with van der Waals surface area (Å²) in [5.41, 5.74) is 4.02. The molecule has 0 saturated heterocycles. The number of aromatic carboxylic acids is 1. The first kappa shape index (κ1) is 28.7. The standard InChI is InChI=1S/C37H50O4/c1-22-14-19-37(32(40)41)21-20-35(6)27(30(37)23(22)2)12-13-29-34(5)17-15-26(24-8-10-25(11-9-24)31(38)39)33(3,4)28(34)16-18-36(29,35)7/h8-12,15,22-23,28-30H,13-14,16-21H2,1-7H3,(H,38,39)(H,40,41)/t22-,23+,28+,29-,30-,34+,35-,36-,37+/m1/s1. The molecule has 0 aliphatic heterocycles. The van der Waals surface area contributed by atoms with E-state index in [0.29, 0.717) is 29.2 Å². The first-order valence-electron chi connectivity index (χ1n) is 16.1. The zero-order valence-electron chi connectivity index (χ0n) is 26.2. The predicted octanol–water partition coefficient (Wildman–Crippen LogP) is 9.12. The van der Waals surface area contributed by atoms with Crippen molar-refractivity contribution < 1.29 is 19.8 Å². The van der Waals surface area contributed by atoms with Crippen molar-refractivity contribution >= 4 is 17.5 Å². The van der Waals surface area contributed by atoms with E-state index in [-0.39, 0.29) is 27.6 Å². The molecule has 3 fully saturated rings. The molecule has 5 aliphatic rings. The molecule has 2 N–H and O–H groups in total. The van der Waals surface area contributed by atoms with Crippen LogP contribution in [-0.2, 0) is 4.79 Å². The van der Waals surface area contributed by atoms with E-state index < -0.39 is 17.4 Å². The van der Waals surface area contributed by atoms with E-state index >= 15 is 0 Å². The maximum atomic E-state index is 13.0. The molecule has 6 rings (SSSR count). The van der Waals surface area contributed by atoms with Crippen molar-refractivity contribution in [1.82, 2.24) is 0 Å². The summed E-state index contributed by atoms with van der Waals surface area (Å²) in [4.78, 5) is 24.4. The molecule has 9 atom stereocenters. The fraction of sp³-hybridized carbons (Fsp3) is 0.676.